The van der Waals surface area contributed by atoms with Crippen LogP contribution in [-0.2, 0) is 10.3 Å². The van der Waals surface area contributed by atoms with Gasteiger partial charge in [0.25, 0.3) is 5.95 Å². The maximum absolute atomic E-state index is 11.8. The molecule has 8 nitrogen and oxygen atoms in total. The summed E-state index contributed by atoms with van der Waals surface area (Å²) in [5, 5.41) is 17.8. The molecule has 0 bridgehead atoms. The molecular weight excluding hydrogens is 286 g/mol. The Bertz CT molecular complexity index is 641. The van der Waals surface area contributed by atoms with Gasteiger partial charge < -0.3 is 14.5 Å². The average Bonchev–Trinajstić information content (AvgIpc) is 3.19. The van der Waals surface area contributed by atoms with Crippen LogP contribution in [0.1, 0.15) is 38.5 Å². The summed E-state index contributed by atoms with van der Waals surface area (Å²) in [6.07, 6.45) is 4.19. The number of carbonyl (C=O) groups is 1. The highest BCUT2D eigenvalue weighted by Crippen LogP contribution is 2.31. The summed E-state index contributed by atoms with van der Waals surface area (Å²) in [5.41, 5.74) is -0.995. The lowest BCUT2D eigenvalue weighted by Crippen LogP contribution is -2.51. The van der Waals surface area contributed by atoms with E-state index in [0.29, 0.717) is 37.8 Å². The maximum atomic E-state index is 11.8. The van der Waals surface area contributed by atoms with Crippen molar-refractivity contribution in [2.24, 2.45) is 0 Å². The molecule has 3 rings (SSSR count). The number of nitrogens with zero attached hydrogens (tertiary/aromatic N) is 5. The van der Waals surface area contributed by atoms with Gasteiger partial charge in [0.2, 0.25) is 5.89 Å². The zero-order valence-corrected chi connectivity index (χ0v) is 12.6. The third-order valence-electron chi connectivity index (χ3n) is 4.14. The van der Waals surface area contributed by atoms with Gasteiger partial charge in [-0.15, -0.1) is 0 Å². The van der Waals surface area contributed by atoms with Gasteiger partial charge in [0.05, 0.1) is 0 Å². The van der Waals surface area contributed by atoms with Crippen molar-refractivity contribution < 1.29 is 14.4 Å². The van der Waals surface area contributed by atoms with Crippen molar-refractivity contribution in [2.45, 2.75) is 38.1 Å². The van der Waals surface area contributed by atoms with Crippen LogP contribution in [0.3, 0.4) is 0 Å². The molecular formula is C14H19N5O3. The second-order valence-corrected chi connectivity index (χ2v) is 5.86. The Labute approximate surface area is 127 Å². The molecule has 0 unspecified atom stereocenters. The molecule has 0 aliphatic carbocycles. The minimum atomic E-state index is -0.995. The molecule has 1 fully saturated rings. The zero-order valence-electron chi connectivity index (χ0n) is 12.6. The largest absolute Gasteiger partial charge is 0.479 e. The summed E-state index contributed by atoms with van der Waals surface area (Å²) < 4.78 is 6.76. The molecule has 0 atom stereocenters. The van der Waals surface area contributed by atoms with Crippen LogP contribution in [0.15, 0.2) is 23.0 Å². The van der Waals surface area contributed by atoms with E-state index >= 15 is 0 Å². The lowest BCUT2D eigenvalue weighted by Gasteiger charge is -2.38. The third kappa shape index (κ3) is 2.34. The van der Waals surface area contributed by atoms with Gasteiger partial charge in [-0.1, -0.05) is 13.8 Å². The van der Waals surface area contributed by atoms with Crippen LogP contribution in [0.4, 0.5) is 5.95 Å². The van der Waals surface area contributed by atoms with Crippen molar-refractivity contribution in [1.82, 2.24) is 19.9 Å². The highest BCUT2D eigenvalue weighted by atomic mass is 16.5. The Balaban J connectivity index is 1.77. The SMILES string of the molecule is CC(C)c1nc(N2CCC(C(=O)O)(n3cccn3)CC2)no1. The number of carboxylic acids is 1. The van der Waals surface area contributed by atoms with Crippen LogP contribution in [0.25, 0.3) is 0 Å². The second kappa shape index (κ2) is 5.43. The van der Waals surface area contributed by atoms with Crippen molar-refractivity contribution in [3.63, 3.8) is 0 Å². The molecule has 3 heterocycles. The van der Waals surface area contributed by atoms with E-state index in [1.165, 1.54) is 0 Å². The van der Waals surface area contributed by atoms with Gasteiger partial charge in [0.1, 0.15) is 0 Å². The van der Waals surface area contributed by atoms with Gasteiger partial charge >= 0.3 is 5.97 Å². The summed E-state index contributed by atoms with van der Waals surface area (Å²) in [7, 11) is 0. The highest BCUT2D eigenvalue weighted by molar-refractivity contribution is 5.77. The Morgan fingerprint density at radius 2 is 2.14 bits per heavy atom. The second-order valence-electron chi connectivity index (χ2n) is 5.86. The molecule has 2 aromatic rings. The first-order valence-corrected chi connectivity index (χ1v) is 7.35. The number of rotatable bonds is 4. The van der Waals surface area contributed by atoms with Crippen LogP contribution in [0.5, 0.6) is 0 Å². The molecule has 118 valence electrons. The molecule has 0 saturated carbocycles. The van der Waals surface area contributed by atoms with Crippen molar-refractivity contribution in [1.29, 1.82) is 0 Å². The van der Waals surface area contributed by atoms with Gasteiger partial charge in [-0.25, -0.2) is 4.79 Å². The molecule has 8 heteroatoms. The van der Waals surface area contributed by atoms with E-state index < -0.39 is 11.5 Å². The number of hydrogen-bond acceptors (Lipinski definition) is 6. The van der Waals surface area contributed by atoms with E-state index in [9.17, 15) is 9.90 Å². The first-order valence-electron chi connectivity index (χ1n) is 7.35. The minimum absolute atomic E-state index is 0.174. The fourth-order valence-electron chi connectivity index (χ4n) is 2.73. The fourth-order valence-corrected chi connectivity index (χ4v) is 2.73. The fraction of sp³-hybridized carbons (Fsp3) is 0.571. The monoisotopic (exact) mass is 305 g/mol. The van der Waals surface area contributed by atoms with E-state index in [4.69, 9.17) is 4.52 Å². The van der Waals surface area contributed by atoms with E-state index in [0.717, 1.165) is 0 Å². The lowest BCUT2D eigenvalue weighted by atomic mass is 9.88. The Hall–Kier alpha value is -2.38. The highest BCUT2D eigenvalue weighted by Gasteiger charge is 2.44. The molecule has 1 N–H and O–H groups in total. The van der Waals surface area contributed by atoms with Crippen molar-refractivity contribution in [3.8, 4) is 0 Å². The summed E-state index contributed by atoms with van der Waals surface area (Å²) in [6, 6.07) is 1.74. The number of piperidine rings is 1. The quantitative estimate of drug-likeness (QED) is 0.913. The Kier molecular flexibility index (Phi) is 3.59. The number of anilines is 1. The smallest absolute Gasteiger partial charge is 0.331 e. The van der Waals surface area contributed by atoms with E-state index in [1.54, 1.807) is 23.1 Å². The predicted molar refractivity (Wildman–Crippen MR) is 77.7 cm³/mol. The van der Waals surface area contributed by atoms with Crippen molar-refractivity contribution >= 4 is 11.9 Å². The standard InChI is InChI=1S/C14H19N5O3/c1-10(2)11-16-13(17-22-11)18-8-4-14(5-9-18,12(20)21)19-7-3-6-15-19/h3,6-7,10H,4-5,8-9H2,1-2H3,(H,20,21). The van der Waals surface area contributed by atoms with Crippen LogP contribution >= 0.6 is 0 Å². The van der Waals surface area contributed by atoms with Gasteiger partial charge in [-0.3, -0.25) is 4.68 Å². The first kappa shape index (κ1) is 14.6. The van der Waals surface area contributed by atoms with E-state index in [1.807, 2.05) is 18.7 Å². The van der Waals surface area contributed by atoms with Gasteiger partial charge in [-0.2, -0.15) is 10.1 Å². The summed E-state index contributed by atoms with van der Waals surface area (Å²) >= 11 is 0. The zero-order chi connectivity index (χ0) is 15.7. The Morgan fingerprint density at radius 3 is 2.64 bits per heavy atom. The van der Waals surface area contributed by atoms with E-state index in [2.05, 4.69) is 15.2 Å². The normalized spacial score (nSPS) is 17.9. The number of carboxylic acid groups (broad SMARTS) is 1. The third-order valence-corrected chi connectivity index (χ3v) is 4.14. The summed E-state index contributed by atoms with van der Waals surface area (Å²) in [5.74, 6) is 0.445. The Morgan fingerprint density at radius 1 is 1.41 bits per heavy atom. The van der Waals surface area contributed by atoms with Crippen molar-refractivity contribution in [2.75, 3.05) is 18.0 Å². The number of aliphatic carboxylic acids is 1. The van der Waals surface area contributed by atoms with Gasteiger partial charge in [0.15, 0.2) is 5.54 Å². The molecule has 1 aliphatic heterocycles. The molecule has 0 aromatic carbocycles. The predicted octanol–water partition coefficient (Wildman–Crippen LogP) is 1.47. The lowest BCUT2D eigenvalue weighted by molar-refractivity contribution is -0.149. The number of aromatic nitrogens is 4. The summed E-state index contributed by atoms with van der Waals surface area (Å²) in [4.78, 5) is 18.1. The molecule has 1 saturated heterocycles. The average molecular weight is 305 g/mol. The van der Waals surface area contributed by atoms with Crippen molar-refractivity contribution in [3.05, 3.63) is 24.4 Å². The molecule has 2 aromatic heterocycles. The molecule has 0 radical (unpaired) electrons. The van der Waals surface area contributed by atoms with Crippen LogP contribution in [0, 0.1) is 0 Å². The first-order chi connectivity index (χ1) is 10.5. The van der Waals surface area contributed by atoms with Gasteiger partial charge in [-0.05, 0) is 11.2 Å². The number of hydrogen-bond donors (Lipinski definition) is 1. The molecule has 22 heavy (non-hydrogen) atoms. The molecule has 0 amide bonds. The van der Waals surface area contributed by atoms with Crippen LogP contribution < -0.4 is 4.90 Å². The maximum Gasteiger partial charge on any atom is 0.331 e. The molecule has 0 spiro atoms. The summed E-state index contributed by atoms with van der Waals surface area (Å²) in [6.45, 7) is 5.06. The minimum Gasteiger partial charge on any atom is -0.479 e. The van der Waals surface area contributed by atoms with Crippen LogP contribution in [-0.4, -0.2) is 44.1 Å². The van der Waals surface area contributed by atoms with E-state index in [-0.39, 0.29) is 5.92 Å². The van der Waals surface area contributed by atoms with Gasteiger partial charge in [0, 0.05) is 44.2 Å². The molecule has 1 aliphatic rings. The van der Waals surface area contributed by atoms with Crippen LogP contribution in [0.2, 0.25) is 0 Å². The topological polar surface area (TPSA) is 97.3 Å².